The van der Waals surface area contributed by atoms with Gasteiger partial charge in [0.15, 0.2) is 25.5 Å². The predicted octanol–water partition coefficient (Wildman–Crippen LogP) is 0.459. The van der Waals surface area contributed by atoms with Crippen molar-refractivity contribution in [2.75, 3.05) is 23.4 Å². The number of rotatable bonds is 6. The van der Waals surface area contributed by atoms with Gasteiger partial charge in [0, 0.05) is 12.1 Å². The summed E-state index contributed by atoms with van der Waals surface area (Å²) in [7, 11) is -7.43. The Labute approximate surface area is 163 Å². The van der Waals surface area contributed by atoms with E-state index < -0.39 is 42.6 Å². The highest BCUT2D eigenvalue weighted by Crippen LogP contribution is 2.26. The summed E-state index contributed by atoms with van der Waals surface area (Å²) in [5.41, 5.74) is 0.896. The van der Waals surface area contributed by atoms with Gasteiger partial charge in [0.2, 0.25) is 5.91 Å². The summed E-state index contributed by atoms with van der Waals surface area (Å²) in [6, 6.07) is 6.89. The third kappa shape index (κ3) is 4.59. The minimum Gasteiger partial charge on any atom is -0.360 e. The second-order valence-corrected chi connectivity index (χ2v) is 11.2. The molecule has 1 aliphatic rings. The topological polar surface area (TPSA) is 135 Å². The number of hydrogen-bond acceptors (Lipinski definition) is 8. The van der Waals surface area contributed by atoms with Crippen LogP contribution in [0.15, 0.2) is 39.8 Å². The maximum absolute atomic E-state index is 13.0. The Bertz CT molecular complexity index is 1070. The fraction of sp³-hybridized carbons (Fsp3) is 0.412. The average Bonchev–Trinajstić information content (AvgIpc) is 3.16. The zero-order valence-electron chi connectivity index (χ0n) is 15.4. The molecule has 1 aromatic carbocycles. The molecule has 1 saturated heterocycles. The number of aromatic nitrogens is 1. The molecule has 2 aromatic rings. The van der Waals surface area contributed by atoms with E-state index >= 15 is 0 Å². The molecule has 152 valence electrons. The van der Waals surface area contributed by atoms with Gasteiger partial charge in [-0.05, 0) is 26.0 Å². The molecule has 0 aliphatic carbocycles. The number of carbonyl (C=O) groups excluding carboxylic acids is 1. The van der Waals surface area contributed by atoms with Crippen molar-refractivity contribution in [2.24, 2.45) is 0 Å². The van der Waals surface area contributed by atoms with Crippen LogP contribution in [-0.4, -0.2) is 57.2 Å². The molecular formula is C17H21N3O6S2. The van der Waals surface area contributed by atoms with Crippen LogP contribution in [0.25, 0.3) is 0 Å². The smallest absolute Gasteiger partial charge is 0.239 e. The molecule has 1 amide bonds. The molecule has 3 rings (SSSR count). The minimum absolute atomic E-state index is 0.0644. The Morgan fingerprint density at radius 1 is 1.21 bits per heavy atom. The van der Waals surface area contributed by atoms with Crippen molar-refractivity contribution in [1.82, 2.24) is 10.5 Å². The Hall–Kier alpha value is -2.24. The van der Waals surface area contributed by atoms with Crippen LogP contribution in [0.5, 0.6) is 0 Å². The molecule has 1 aromatic heterocycles. The highest BCUT2D eigenvalue weighted by molar-refractivity contribution is 7.96. The highest BCUT2D eigenvalue weighted by Gasteiger charge is 2.45. The first-order chi connectivity index (χ1) is 13.1. The van der Waals surface area contributed by atoms with E-state index in [1.807, 2.05) is 6.92 Å². The molecular weight excluding hydrogens is 406 g/mol. The standard InChI is InChI=1S/C17H21N3O6S2/c1-11-3-5-13(6-4-11)28(24,25)15-10-27(22,23)9-14(15)18-8-17(21)19-16-7-12(2)26-20-16/h3-7,14-15,18H,8-10H2,1-2H3,(H,19,20,21)/t14-,15-/m0/s1. The molecule has 0 unspecified atom stereocenters. The maximum atomic E-state index is 13.0. The van der Waals surface area contributed by atoms with E-state index in [1.54, 1.807) is 19.1 Å². The van der Waals surface area contributed by atoms with E-state index in [2.05, 4.69) is 15.8 Å². The summed E-state index contributed by atoms with van der Waals surface area (Å²) >= 11 is 0. The van der Waals surface area contributed by atoms with Gasteiger partial charge >= 0.3 is 0 Å². The van der Waals surface area contributed by atoms with E-state index in [-0.39, 0.29) is 23.0 Å². The van der Waals surface area contributed by atoms with E-state index in [0.717, 1.165) is 5.56 Å². The van der Waals surface area contributed by atoms with Crippen molar-refractivity contribution < 1.29 is 26.2 Å². The number of amides is 1. The van der Waals surface area contributed by atoms with Gasteiger partial charge in [-0.15, -0.1) is 0 Å². The average molecular weight is 428 g/mol. The number of carbonyl (C=O) groups is 1. The molecule has 2 N–H and O–H groups in total. The van der Waals surface area contributed by atoms with Crippen LogP contribution in [0, 0.1) is 13.8 Å². The second kappa shape index (κ2) is 7.64. The van der Waals surface area contributed by atoms with Gasteiger partial charge < -0.3 is 15.2 Å². The van der Waals surface area contributed by atoms with E-state index in [9.17, 15) is 21.6 Å². The molecule has 0 spiro atoms. The molecule has 9 nitrogen and oxygen atoms in total. The first-order valence-electron chi connectivity index (χ1n) is 8.54. The normalized spacial score (nSPS) is 21.5. The van der Waals surface area contributed by atoms with E-state index in [1.165, 1.54) is 18.2 Å². The summed E-state index contributed by atoms with van der Waals surface area (Å²) in [4.78, 5) is 12.1. The molecule has 0 bridgehead atoms. The molecule has 2 heterocycles. The van der Waals surface area contributed by atoms with Crippen molar-refractivity contribution in [3.05, 3.63) is 41.7 Å². The van der Waals surface area contributed by atoms with Crippen LogP contribution in [0.3, 0.4) is 0 Å². The van der Waals surface area contributed by atoms with Crippen molar-refractivity contribution in [2.45, 2.75) is 30.0 Å². The number of nitrogens with zero attached hydrogens (tertiary/aromatic N) is 1. The Kier molecular flexibility index (Phi) is 5.60. The Balaban J connectivity index is 1.73. The third-order valence-corrected chi connectivity index (χ3v) is 8.64. The lowest BCUT2D eigenvalue weighted by atomic mass is 10.2. The monoisotopic (exact) mass is 427 g/mol. The molecule has 11 heteroatoms. The van der Waals surface area contributed by atoms with Crippen molar-refractivity contribution >= 4 is 31.4 Å². The zero-order valence-corrected chi connectivity index (χ0v) is 17.0. The number of nitrogens with one attached hydrogen (secondary N) is 2. The number of anilines is 1. The first-order valence-corrected chi connectivity index (χ1v) is 11.9. The van der Waals surface area contributed by atoms with Gasteiger partial charge in [0.25, 0.3) is 0 Å². The van der Waals surface area contributed by atoms with Gasteiger partial charge in [-0.2, -0.15) is 0 Å². The molecule has 1 fully saturated rings. The summed E-state index contributed by atoms with van der Waals surface area (Å²) in [6.45, 7) is 3.24. The van der Waals surface area contributed by atoms with Crippen LogP contribution in [0.2, 0.25) is 0 Å². The summed E-state index contributed by atoms with van der Waals surface area (Å²) in [5, 5.41) is 7.73. The van der Waals surface area contributed by atoms with Crippen LogP contribution >= 0.6 is 0 Å². The Morgan fingerprint density at radius 2 is 1.89 bits per heavy atom. The van der Waals surface area contributed by atoms with E-state index in [4.69, 9.17) is 4.52 Å². The highest BCUT2D eigenvalue weighted by atomic mass is 32.2. The third-order valence-electron chi connectivity index (χ3n) is 4.47. The van der Waals surface area contributed by atoms with Gasteiger partial charge in [0.1, 0.15) is 5.76 Å². The summed E-state index contributed by atoms with van der Waals surface area (Å²) in [6.07, 6.45) is 0. The van der Waals surface area contributed by atoms with Gasteiger partial charge in [-0.25, -0.2) is 16.8 Å². The SMILES string of the molecule is Cc1ccc(S(=O)(=O)[C@H]2CS(=O)(=O)C[C@@H]2NCC(=O)Nc2cc(C)on2)cc1. The molecule has 0 saturated carbocycles. The molecule has 1 aliphatic heterocycles. The maximum Gasteiger partial charge on any atom is 0.239 e. The number of benzene rings is 1. The van der Waals surface area contributed by atoms with Gasteiger partial charge in [0.05, 0.1) is 28.2 Å². The number of hydrogen-bond donors (Lipinski definition) is 2. The van der Waals surface area contributed by atoms with Gasteiger partial charge in [-0.3, -0.25) is 4.79 Å². The predicted molar refractivity (Wildman–Crippen MR) is 102 cm³/mol. The first kappa shape index (κ1) is 20.5. The zero-order chi connectivity index (χ0) is 20.5. The fourth-order valence-electron chi connectivity index (χ4n) is 3.05. The largest absolute Gasteiger partial charge is 0.360 e. The summed E-state index contributed by atoms with van der Waals surface area (Å²) < 4.78 is 54.9. The van der Waals surface area contributed by atoms with Crippen LogP contribution in [0.1, 0.15) is 11.3 Å². The molecule has 28 heavy (non-hydrogen) atoms. The summed E-state index contributed by atoms with van der Waals surface area (Å²) in [5.74, 6) is -0.560. The van der Waals surface area contributed by atoms with Crippen molar-refractivity contribution in [3.8, 4) is 0 Å². The van der Waals surface area contributed by atoms with Crippen molar-refractivity contribution in [1.29, 1.82) is 0 Å². The van der Waals surface area contributed by atoms with Crippen LogP contribution in [0.4, 0.5) is 5.82 Å². The fourth-order valence-corrected chi connectivity index (χ4v) is 7.77. The number of sulfone groups is 2. The molecule has 2 atom stereocenters. The lowest BCUT2D eigenvalue weighted by Gasteiger charge is -2.19. The van der Waals surface area contributed by atoms with Crippen molar-refractivity contribution in [3.63, 3.8) is 0 Å². The van der Waals surface area contributed by atoms with Crippen LogP contribution < -0.4 is 10.6 Å². The molecule has 0 radical (unpaired) electrons. The van der Waals surface area contributed by atoms with E-state index in [0.29, 0.717) is 5.76 Å². The van der Waals surface area contributed by atoms with Crippen LogP contribution in [-0.2, 0) is 24.5 Å². The lowest BCUT2D eigenvalue weighted by molar-refractivity contribution is -0.115. The lowest BCUT2D eigenvalue weighted by Crippen LogP contribution is -2.46. The van der Waals surface area contributed by atoms with Gasteiger partial charge in [-0.1, -0.05) is 22.9 Å². The minimum atomic E-state index is -3.88. The quantitative estimate of drug-likeness (QED) is 0.679. The Morgan fingerprint density at radius 3 is 2.50 bits per heavy atom. The number of aryl methyl sites for hydroxylation is 2. The second-order valence-electron chi connectivity index (χ2n) is 6.83.